The number of nitrogens with zero attached hydrogens (tertiary/aromatic N) is 5. The van der Waals surface area contributed by atoms with Crippen LogP contribution in [-0.2, 0) is 23.0 Å². The number of hydrogen-bond acceptors (Lipinski definition) is 6. The van der Waals surface area contributed by atoms with Gasteiger partial charge in [0.05, 0.1) is 11.9 Å². The van der Waals surface area contributed by atoms with E-state index in [1.165, 1.54) is 15.2 Å². The summed E-state index contributed by atoms with van der Waals surface area (Å²) in [6.45, 7) is 1.39. The van der Waals surface area contributed by atoms with Crippen LogP contribution in [0.3, 0.4) is 0 Å². The topological polar surface area (TPSA) is 118 Å². The van der Waals surface area contributed by atoms with E-state index >= 15 is 0 Å². The molecule has 1 aliphatic heterocycles. The predicted octanol–water partition coefficient (Wildman–Crippen LogP) is 0.656. The zero-order valence-corrected chi connectivity index (χ0v) is 15.0. The van der Waals surface area contributed by atoms with Crippen LogP contribution in [-0.4, -0.2) is 62.6 Å². The van der Waals surface area contributed by atoms with Crippen molar-refractivity contribution in [1.82, 2.24) is 24.3 Å². The summed E-state index contributed by atoms with van der Waals surface area (Å²) in [6.07, 6.45) is 6.79. The quantitative estimate of drug-likeness (QED) is 0.750. The normalized spacial score (nSPS) is 18.7. The zero-order chi connectivity index (χ0) is 18.6. The Morgan fingerprint density at radius 2 is 2.08 bits per heavy atom. The van der Waals surface area contributed by atoms with Crippen LogP contribution in [0.4, 0.5) is 0 Å². The summed E-state index contributed by atoms with van der Waals surface area (Å²) in [5, 5.41) is 16.3. The van der Waals surface area contributed by atoms with Crippen LogP contribution >= 0.6 is 0 Å². The van der Waals surface area contributed by atoms with Crippen LogP contribution in [0, 0.1) is 5.92 Å². The third kappa shape index (κ3) is 4.64. The molecule has 26 heavy (non-hydrogen) atoms. The summed E-state index contributed by atoms with van der Waals surface area (Å²) in [4.78, 5) is 14.8. The van der Waals surface area contributed by atoms with E-state index < -0.39 is 16.0 Å². The van der Waals surface area contributed by atoms with Gasteiger partial charge in [0, 0.05) is 32.0 Å². The molecule has 1 fully saturated rings. The van der Waals surface area contributed by atoms with Crippen molar-refractivity contribution in [2.45, 2.75) is 25.8 Å². The molecule has 140 valence electrons. The van der Waals surface area contributed by atoms with E-state index in [0.717, 1.165) is 18.4 Å². The van der Waals surface area contributed by atoms with Crippen molar-refractivity contribution in [3.8, 4) is 0 Å². The van der Waals surface area contributed by atoms with Gasteiger partial charge in [0.2, 0.25) is 10.0 Å². The Balaban J connectivity index is 1.58. The van der Waals surface area contributed by atoms with Gasteiger partial charge in [0.1, 0.15) is 0 Å². The van der Waals surface area contributed by atoms with Gasteiger partial charge in [-0.3, -0.25) is 9.67 Å². The molecule has 9 nitrogen and oxygen atoms in total. The monoisotopic (exact) mass is 379 g/mol. The van der Waals surface area contributed by atoms with Gasteiger partial charge in [0.15, 0.2) is 5.69 Å². The SMILES string of the molecule is O=C(O)c1cn(CC2CCCN(S(=O)(=O)CCc3ccncc3)C2)nn1. The number of hydrogen-bond donors (Lipinski definition) is 1. The van der Waals surface area contributed by atoms with E-state index in [-0.39, 0.29) is 17.4 Å². The van der Waals surface area contributed by atoms with Crippen LogP contribution in [0.2, 0.25) is 0 Å². The number of carboxylic acid groups (broad SMARTS) is 1. The van der Waals surface area contributed by atoms with Crippen molar-refractivity contribution < 1.29 is 18.3 Å². The maximum atomic E-state index is 12.6. The fourth-order valence-corrected chi connectivity index (χ4v) is 4.70. The van der Waals surface area contributed by atoms with Gasteiger partial charge in [-0.05, 0) is 42.9 Å². The molecule has 1 aliphatic rings. The van der Waals surface area contributed by atoms with Crippen LogP contribution in [0.5, 0.6) is 0 Å². The minimum atomic E-state index is -3.34. The molecule has 0 spiro atoms. The molecule has 1 atom stereocenters. The van der Waals surface area contributed by atoms with Gasteiger partial charge in [-0.15, -0.1) is 5.10 Å². The molecule has 0 radical (unpaired) electrons. The largest absolute Gasteiger partial charge is 0.476 e. The van der Waals surface area contributed by atoms with Crippen molar-refractivity contribution in [1.29, 1.82) is 0 Å². The molecule has 1 N–H and O–H groups in total. The van der Waals surface area contributed by atoms with Gasteiger partial charge in [-0.2, -0.15) is 0 Å². The predicted molar refractivity (Wildman–Crippen MR) is 93.0 cm³/mol. The van der Waals surface area contributed by atoms with Crippen molar-refractivity contribution in [2.24, 2.45) is 5.92 Å². The lowest BCUT2D eigenvalue weighted by Crippen LogP contribution is -2.42. The first-order valence-electron chi connectivity index (χ1n) is 8.44. The molecule has 0 aliphatic carbocycles. The maximum Gasteiger partial charge on any atom is 0.358 e. The van der Waals surface area contributed by atoms with Crippen LogP contribution in [0.1, 0.15) is 28.9 Å². The molecule has 0 amide bonds. The second-order valence-corrected chi connectivity index (χ2v) is 8.51. The van der Waals surface area contributed by atoms with E-state index in [9.17, 15) is 13.2 Å². The summed E-state index contributed by atoms with van der Waals surface area (Å²) in [5.41, 5.74) is 0.837. The van der Waals surface area contributed by atoms with Gasteiger partial charge < -0.3 is 5.11 Å². The Labute approximate surface area is 151 Å². The summed E-state index contributed by atoms with van der Waals surface area (Å²) >= 11 is 0. The number of aryl methyl sites for hydroxylation is 1. The van der Waals surface area contributed by atoms with E-state index in [0.29, 0.717) is 26.1 Å². The molecular formula is C16H21N5O4S. The molecule has 0 bridgehead atoms. The van der Waals surface area contributed by atoms with Gasteiger partial charge >= 0.3 is 5.97 Å². The maximum absolute atomic E-state index is 12.6. The highest BCUT2D eigenvalue weighted by molar-refractivity contribution is 7.89. The molecule has 1 saturated heterocycles. The first-order valence-corrected chi connectivity index (χ1v) is 10.0. The van der Waals surface area contributed by atoms with Gasteiger partial charge in [0.25, 0.3) is 0 Å². The van der Waals surface area contributed by atoms with Crippen molar-refractivity contribution in [3.05, 3.63) is 42.0 Å². The number of carbonyl (C=O) groups is 1. The molecule has 2 aromatic rings. The number of rotatable bonds is 7. The lowest BCUT2D eigenvalue weighted by molar-refractivity contribution is 0.0690. The molecular weight excluding hydrogens is 358 g/mol. The number of pyridine rings is 1. The highest BCUT2D eigenvalue weighted by Crippen LogP contribution is 2.21. The second kappa shape index (κ2) is 7.92. The number of piperidine rings is 1. The third-order valence-corrected chi connectivity index (χ3v) is 6.31. The summed E-state index contributed by atoms with van der Waals surface area (Å²) < 4.78 is 28.3. The minimum Gasteiger partial charge on any atom is -0.476 e. The molecule has 0 saturated carbocycles. The average Bonchev–Trinajstić information content (AvgIpc) is 3.10. The third-order valence-electron chi connectivity index (χ3n) is 4.48. The molecule has 10 heteroatoms. The fourth-order valence-electron chi connectivity index (χ4n) is 3.10. The van der Waals surface area contributed by atoms with Crippen molar-refractivity contribution >= 4 is 16.0 Å². The lowest BCUT2D eigenvalue weighted by Gasteiger charge is -2.31. The van der Waals surface area contributed by atoms with Crippen molar-refractivity contribution in [3.63, 3.8) is 0 Å². The van der Waals surface area contributed by atoms with E-state index in [2.05, 4.69) is 15.3 Å². The minimum absolute atomic E-state index is 0.0657. The van der Waals surface area contributed by atoms with Gasteiger partial charge in [-0.25, -0.2) is 17.5 Å². The number of sulfonamides is 1. The van der Waals surface area contributed by atoms with E-state index in [1.54, 1.807) is 12.4 Å². The Kier molecular flexibility index (Phi) is 5.62. The van der Waals surface area contributed by atoms with Gasteiger partial charge in [-0.1, -0.05) is 5.21 Å². The number of carboxylic acids is 1. The highest BCUT2D eigenvalue weighted by atomic mass is 32.2. The van der Waals surface area contributed by atoms with E-state index in [4.69, 9.17) is 5.11 Å². The summed E-state index contributed by atoms with van der Waals surface area (Å²) in [5.74, 6) is -0.973. The molecule has 3 rings (SSSR count). The Hall–Kier alpha value is -2.33. The second-order valence-electron chi connectivity index (χ2n) is 6.42. The molecule has 1 unspecified atom stereocenters. The van der Waals surface area contributed by atoms with Crippen LogP contribution in [0.25, 0.3) is 0 Å². The first kappa shape index (κ1) is 18.5. The average molecular weight is 379 g/mol. The van der Waals surface area contributed by atoms with E-state index in [1.807, 2.05) is 12.1 Å². The molecule has 0 aromatic carbocycles. The van der Waals surface area contributed by atoms with Crippen molar-refractivity contribution in [2.75, 3.05) is 18.8 Å². The Morgan fingerprint density at radius 3 is 2.77 bits per heavy atom. The Bertz CT molecular complexity index is 853. The van der Waals surface area contributed by atoms with Crippen LogP contribution in [0.15, 0.2) is 30.7 Å². The lowest BCUT2D eigenvalue weighted by atomic mass is 10.00. The first-order chi connectivity index (χ1) is 12.4. The number of aromatic nitrogens is 4. The Morgan fingerprint density at radius 1 is 1.31 bits per heavy atom. The number of aromatic carboxylic acids is 1. The smallest absolute Gasteiger partial charge is 0.358 e. The standard InChI is InChI=1S/C16H21N5O4S/c22-16(23)15-12-20(19-18-15)10-14-2-1-8-21(11-14)26(24,25)9-5-13-3-6-17-7-4-13/h3-4,6-7,12,14H,1-2,5,8-11H2,(H,22,23). The van der Waals surface area contributed by atoms with Crippen LogP contribution < -0.4 is 0 Å². The molecule has 3 heterocycles. The highest BCUT2D eigenvalue weighted by Gasteiger charge is 2.29. The fraction of sp³-hybridized carbons (Fsp3) is 0.500. The summed E-state index contributed by atoms with van der Waals surface area (Å²) in [6, 6.07) is 3.64. The summed E-state index contributed by atoms with van der Waals surface area (Å²) in [7, 11) is -3.34. The zero-order valence-electron chi connectivity index (χ0n) is 14.2. The molecule has 2 aromatic heterocycles.